The van der Waals surface area contributed by atoms with E-state index in [2.05, 4.69) is 10.1 Å². The molecule has 1 saturated carbocycles. The van der Waals surface area contributed by atoms with E-state index in [1.165, 1.54) is 30.6 Å². The maximum Gasteiger partial charge on any atom is 0.264 e. The molecule has 1 aliphatic carbocycles. The lowest BCUT2D eigenvalue weighted by atomic mass is 9.94. The molecule has 0 spiro atoms. The minimum Gasteiger partial charge on any atom is -0.497 e. The summed E-state index contributed by atoms with van der Waals surface area (Å²) in [6.45, 7) is 0.584. The molecule has 0 bridgehead atoms. The second kappa shape index (κ2) is 9.22. The molecule has 1 aliphatic rings. The number of carbonyl (C=O) groups excluding carboxylic acids is 1. The molecule has 2 aromatic heterocycles. The van der Waals surface area contributed by atoms with Gasteiger partial charge in [-0.25, -0.2) is 0 Å². The number of rotatable bonds is 7. The van der Waals surface area contributed by atoms with Crippen LogP contribution < -0.4 is 4.74 Å². The average Bonchev–Trinajstić information content (AvgIpc) is 3.47. The highest BCUT2D eigenvalue weighted by molar-refractivity contribution is 7.12. The van der Waals surface area contributed by atoms with Crippen molar-refractivity contribution in [3.63, 3.8) is 0 Å². The van der Waals surface area contributed by atoms with E-state index in [4.69, 9.17) is 9.26 Å². The SMILES string of the molecule is COc1cccc(-c2noc(CCN(C(=O)c3cccs3)C3CCCCC3)n2)c1. The second-order valence-electron chi connectivity index (χ2n) is 7.26. The molecule has 0 atom stereocenters. The molecule has 0 unspecified atom stereocenters. The molecule has 29 heavy (non-hydrogen) atoms. The lowest BCUT2D eigenvalue weighted by Crippen LogP contribution is -2.42. The van der Waals surface area contributed by atoms with Gasteiger partial charge < -0.3 is 14.2 Å². The summed E-state index contributed by atoms with van der Waals surface area (Å²) in [5.41, 5.74) is 0.846. The average molecular weight is 412 g/mol. The molecule has 4 rings (SSSR count). The van der Waals surface area contributed by atoms with Gasteiger partial charge in [0.15, 0.2) is 0 Å². The van der Waals surface area contributed by atoms with Crippen LogP contribution in [0.2, 0.25) is 0 Å². The fourth-order valence-electron chi connectivity index (χ4n) is 3.84. The van der Waals surface area contributed by atoms with Crippen molar-refractivity contribution in [2.45, 2.75) is 44.6 Å². The minimum atomic E-state index is 0.111. The summed E-state index contributed by atoms with van der Waals surface area (Å²) in [5, 5.41) is 6.05. The fourth-order valence-corrected chi connectivity index (χ4v) is 4.52. The van der Waals surface area contributed by atoms with Crippen molar-refractivity contribution in [3.05, 3.63) is 52.5 Å². The van der Waals surface area contributed by atoms with Crippen molar-refractivity contribution in [2.24, 2.45) is 0 Å². The van der Waals surface area contributed by atoms with Crippen LogP contribution in [0.15, 0.2) is 46.3 Å². The van der Waals surface area contributed by atoms with Crippen LogP contribution in [-0.4, -0.2) is 40.6 Å². The number of benzene rings is 1. The molecule has 152 valence electrons. The Hall–Kier alpha value is -2.67. The van der Waals surface area contributed by atoms with Gasteiger partial charge in [0.25, 0.3) is 5.91 Å². The van der Waals surface area contributed by atoms with E-state index in [-0.39, 0.29) is 5.91 Å². The quantitative estimate of drug-likeness (QED) is 0.557. The van der Waals surface area contributed by atoms with Crippen molar-refractivity contribution < 1.29 is 14.1 Å². The van der Waals surface area contributed by atoms with Crippen LogP contribution >= 0.6 is 11.3 Å². The van der Waals surface area contributed by atoms with Gasteiger partial charge >= 0.3 is 0 Å². The minimum absolute atomic E-state index is 0.111. The van der Waals surface area contributed by atoms with E-state index in [0.29, 0.717) is 30.7 Å². The Morgan fingerprint density at radius 3 is 2.86 bits per heavy atom. The van der Waals surface area contributed by atoms with Crippen LogP contribution in [0.25, 0.3) is 11.4 Å². The number of hydrogen-bond acceptors (Lipinski definition) is 6. The second-order valence-corrected chi connectivity index (χ2v) is 8.21. The third-order valence-corrected chi connectivity index (χ3v) is 6.23. The summed E-state index contributed by atoms with van der Waals surface area (Å²) >= 11 is 1.50. The molecule has 7 heteroatoms. The molecule has 2 heterocycles. The van der Waals surface area contributed by atoms with E-state index in [1.807, 2.05) is 46.7 Å². The van der Waals surface area contributed by atoms with E-state index >= 15 is 0 Å². The Bertz CT molecular complexity index is 932. The Morgan fingerprint density at radius 2 is 2.10 bits per heavy atom. The molecule has 0 aliphatic heterocycles. The van der Waals surface area contributed by atoms with Gasteiger partial charge in [-0.2, -0.15) is 4.98 Å². The Kier molecular flexibility index (Phi) is 6.24. The van der Waals surface area contributed by atoms with Gasteiger partial charge in [0.1, 0.15) is 5.75 Å². The maximum absolute atomic E-state index is 13.1. The summed E-state index contributed by atoms with van der Waals surface area (Å²) in [5.74, 6) is 1.94. The van der Waals surface area contributed by atoms with Gasteiger partial charge in [0.2, 0.25) is 11.7 Å². The number of thiophene rings is 1. The first-order valence-electron chi connectivity index (χ1n) is 10.1. The Labute approximate surface area is 174 Å². The summed E-state index contributed by atoms with van der Waals surface area (Å²) in [6.07, 6.45) is 6.29. The third-order valence-electron chi connectivity index (χ3n) is 5.37. The van der Waals surface area contributed by atoms with Crippen LogP contribution in [0.1, 0.15) is 47.7 Å². The van der Waals surface area contributed by atoms with Gasteiger partial charge in [0, 0.05) is 24.6 Å². The zero-order valence-electron chi connectivity index (χ0n) is 16.5. The smallest absolute Gasteiger partial charge is 0.264 e. The fraction of sp³-hybridized carbons (Fsp3) is 0.409. The Balaban J connectivity index is 1.47. The number of aromatic nitrogens is 2. The summed E-state index contributed by atoms with van der Waals surface area (Å²) in [6, 6.07) is 11.7. The highest BCUT2D eigenvalue weighted by Gasteiger charge is 2.27. The first kappa shape index (κ1) is 19.6. The zero-order valence-corrected chi connectivity index (χ0v) is 17.4. The standard InChI is InChI=1S/C22H25N3O3S/c1-27-18-10-5-7-16(15-18)21-23-20(28-24-21)12-13-25(17-8-3-2-4-9-17)22(26)19-11-6-14-29-19/h5-7,10-11,14-15,17H,2-4,8-9,12-13H2,1H3. The van der Waals surface area contributed by atoms with Crippen LogP contribution in [0.5, 0.6) is 5.75 Å². The number of amides is 1. The van der Waals surface area contributed by atoms with Crippen LogP contribution in [0, 0.1) is 0 Å². The van der Waals surface area contributed by atoms with Gasteiger partial charge in [-0.05, 0) is 36.4 Å². The largest absolute Gasteiger partial charge is 0.497 e. The predicted molar refractivity (Wildman–Crippen MR) is 112 cm³/mol. The lowest BCUT2D eigenvalue weighted by molar-refractivity contribution is 0.0637. The zero-order chi connectivity index (χ0) is 20.1. The van der Waals surface area contributed by atoms with Crippen molar-refractivity contribution in [3.8, 4) is 17.1 Å². The van der Waals surface area contributed by atoms with Crippen LogP contribution in [0.3, 0.4) is 0 Å². The summed E-state index contributed by atoms with van der Waals surface area (Å²) < 4.78 is 10.7. The molecular formula is C22H25N3O3S. The summed E-state index contributed by atoms with van der Waals surface area (Å²) in [4.78, 5) is 20.4. The van der Waals surface area contributed by atoms with Crippen molar-refractivity contribution in [1.29, 1.82) is 0 Å². The molecule has 1 aromatic carbocycles. The van der Waals surface area contributed by atoms with Gasteiger partial charge in [-0.3, -0.25) is 4.79 Å². The lowest BCUT2D eigenvalue weighted by Gasteiger charge is -2.34. The predicted octanol–water partition coefficient (Wildman–Crippen LogP) is 4.82. The Morgan fingerprint density at radius 1 is 1.24 bits per heavy atom. The van der Waals surface area contributed by atoms with E-state index in [1.54, 1.807) is 7.11 Å². The molecule has 0 N–H and O–H groups in total. The maximum atomic E-state index is 13.1. The van der Waals surface area contributed by atoms with Crippen molar-refractivity contribution in [2.75, 3.05) is 13.7 Å². The highest BCUT2D eigenvalue weighted by Crippen LogP contribution is 2.26. The molecular weight excluding hydrogens is 386 g/mol. The molecule has 0 saturated heterocycles. The van der Waals surface area contributed by atoms with Crippen molar-refractivity contribution in [1.82, 2.24) is 15.0 Å². The number of carbonyl (C=O) groups is 1. The molecule has 3 aromatic rings. The molecule has 0 radical (unpaired) electrons. The van der Waals surface area contributed by atoms with Gasteiger partial charge in [-0.15, -0.1) is 11.3 Å². The number of nitrogens with zero attached hydrogens (tertiary/aromatic N) is 3. The first-order chi connectivity index (χ1) is 14.2. The van der Waals surface area contributed by atoms with Crippen LogP contribution in [-0.2, 0) is 6.42 Å². The van der Waals surface area contributed by atoms with Gasteiger partial charge in [0.05, 0.1) is 12.0 Å². The van der Waals surface area contributed by atoms with Crippen LogP contribution in [0.4, 0.5) is 0 Å². The molecule has 1 fully saturated rings. The van der Waals surface area contributed by atoms with E-state index < -0.39 is 0 Å². The monoisotopic (exact) mass is 411 g/mol. The normalized spacial score (nSPS) is 14.7. The highest BCUT2D eigenvalue weighted by atomic mass is 32.1. The van der Waals surface area contributed by atoms with E-state index in [0.717, 1.165) is 29.0 Å². The molecule has 6 nitrogen and oxygen atoms in total. The topological polar surface area (TPSA) is 68.5 Å². The van der Waals surface area contributed by atoms with E-state index in [9.17, 15) is 4.79 Å². The number of methoxy groups -OCH3 is 1. The molecule has 1 amide bonds. The number of ether oxygens (including phenoxy) is 1. The third kappa shape index (κ3) is 4.67. The first-order valence-corrected chi connectivity index (χ1v) is 10.9. The van der Waals surface area contributed by atoms with Crippen molar-refractivity contribution >= 4 is 17.2 Å². The van der Waals surface area contributed by atoms with Gasteiger partial charge in [-0.1, -0.05) is 42.6 Å². The summed E-state index contributed by atoms with van der Waals surface area (Å²) in [7, 11) is 1.63. The number of hydrogen-bond donors (Lipinski definition) is 0.